The van der Waals surface area contributed by atoms with Crippen LogP contribution in [0.4, 0.5) is 11.8 Å². The largest absolute Gasteiger partial charge is 0.396 e. The first-order valence-electron chi connectivity index (χ1n) is 6.35. The highest BCUT2D eigenvalue weighted by Crippen LogP contribution is 2.27. The minimum absolute atomic E-state index is 0.258. The van der Waals surface area contributed by atoms with Crippen molar-refractivity contribution in [1.29, 1.82) is 0 Å². The van der Waals surface area contributed by atoms with Crippen LogP contribution in [-0.2, 0) is 0 Å². The van der Waals surface area contributed by atoms with E-state index in [0.717, 1.165) is 37.1 Å². The Morgan fingerprint density at radius 3 is 2.89 bits per heavy atom. The summed E-state index contributed by atoms with van der Waals surface area (Å²) in [7, 11) is 0. The van der Waals surface area contributed by atoms with Crippen molar-refractivity contribution in [3.8, 4) is 0 Å². The molecule has 0 aromatic carbocycles. The van der Waals surface area contributed by atoms with E-state index in [9.17, 15) is 5.11 Å². The smallest absolute Gasteiger partial charge is 0.241 e. The van der Waals surface area contributed by atoms with E-state index in [1.165, 1.54) is 0 Å². The molecule has 1 saturated heterocycles. The van der Waals surface area contributed by atoms with Gasteiger partial charge in [0.25, 0.3) is 0 Å². The van der Waals surface area contributed by atoms with Crippen molar-refractivity contribution in [1.82, 2.24) is 20.2 Å². The number of rotatable bonds is 3. The van der Waals surface area contributed by atoms with Crippen molar-refractivity contribution in [3.05, 3.63) is 6.20 Å². The molecule has 1 aliphatic heterocycles. The van der Waals surface area contributed by atoms with E-state index >= 15 is 0 Å². The normalized spacial score (nSPS) is 17.1. The molecular weight excluding hydrogens is 246 g/mol. The lowest BCUT2D eigenvalue weighted by atomic mass is 9.98. The first-order valence-corrected chi connectivity index (χ1v) is 6.35. The minimum Gasteiger partial charge on any atom is -0.396 e. The Morgan fingerprint density at radius 2 is 2.21 bits per heavy atom. The van der Waals surface area contributed by atoms with Gasteiger partial charge in [0.2, 0.25) is 5.95 Å². The summed E-state index contributed by atoms with van der Waals surface area (Å²) in [5.74, 6) is 6.99. The molecule has 2 aromatic heterocycles. The van der Waals surface area contributed by atoms with Gasteiger partial charge in [-0.2, -0.15) is 15.1 Å². The maximum absolute atomic E-state index is 9.18. The van der Waals surface area contributed by atoms with Gasteiger partial charge in [0, 0.05) is 19.7 Å². The molecule has 1 aliphatic rings. The van der Waals surface area contributed by atoms with Crippen LogP contribution in [-0.4, -0.2) is 45.0 Å². The zero-order valence-electron chi connectivity index (χ0n) is 10.5. The van der Waals surface area contributed by atoms with Gasteiger partial charge in [0.15, 0.2) is 5.65 Å². The van der Waals surface area contributed by atoms with E-state index in [0.29, 0.717) is 17.5 Å². The fourth-order valence-corrected chi connectivity index (χ4v) is 2.45. The van der Waals surface area contributed by atoms with E-state index in [4.69, 9.17) is 5.84 Å². The molecule has 8 heteroatoms. The number of anilines is 2. The lowest BCUT2D eigenvalue weighted by molar-refractivity contribution is 0.203. The fraction of sp³-hybridized carbons (Fsp3) is 0.545. The van der Waals surface area contributed by atoms with Crippen LogP contribution in [0.1, 0.15) is 12.8 Å². The predicted molar refractivity (Wildman–Crippen MR) is 71.5 cm³/mol. The van der Waals surface area contributed by atoms with Gasteiger partial charge in [-0.3, -0.25) is 10.5 Å². The number of aromatic amines is 1. The molecule has 0 atom stereocenters. The van der Waals surface area contributed by atoms with Crippen LogP contribution in [0.3, 0.4) is 0 Å². The topological polar surface area (TPSA) is 116 Å². The maximum atomic E-state index is 9.18. The van der Waals surface area contributed by atoms with Crippen molar-refractivity contribution < 1.29 is 5.11 Å². The number of H-pyrrole nitrogens is 1. The number of aliphatic hydroxyl groups is 1. The van der Waals surface area contributed by atoms with Gasteiger partial charge in [-0.25, -0.2) is 5.84 Å². The van der Waals surface area contributed by atoms with Gasteiger partial charge in [-0.1, -0.05) is 0 Å². The second kappa shape index (κ2) is 4.98. The SMILES string of the molecule is NNc1nc(N2CCC(CO)CC2)c2cn[nH]c2n1. The molecule has 2 aromatic rings. The molecule has 0 spiro atoms. The summed E-state index contributed by atoms with van der Waals surface area (Å²) in [6.07, 6.45) is 3.65. The Balaban J connectivity index is 1.93. The number of aromatic nitrogens is 4. The summed E-state index contributed by atoms with van der Waals surface area (Å²) >= 11 is 0. The summed E-state index contributed by atoms with van der Waals surface area (Å²) in [5, 5.41) is 16.9. The molecule has 0 unspecified atom stereocenters. The van der Waals surface area contributed by atoms with Crippen LogP contribution in [0.25, 0.3) is 11.0 Å². The number of hydrogen-bond acceptors (Lipinski definition) is 7. The molecule has 8 nitrogen and oxygen atoms in total. The van der Waals surface area contributed by atoms with Gasteiger partial charge >= 0.3 is 0 Å². The number of piperidine rings is 1. The standard InChI is InChI=1S/C11H17N7O/c12-16-11-14-9-8(5-13-17-9)10(15-11)18-3-1-7(6-19)2-4-18/h5,7,19H,1-4,6,12H2,(H2,13,14,15,16,17). The number of nitrogens with zero attached hydrogens (tertiary/aromatic N) is 4. The molecule has 1 fully saturated rings. The van der Waals surface area contributed by atoms with Crippen molar-refractivity contribution in [2.45, 2.75) is 12.8 Å². The van der Waals surface area contributed by atoms with Crippen LogP contribution in [0.5, 0.6) is 0 Å². The highest BCUT2D eigenvalue weighted by molar-refractivity contribution is 5.87. The summed E-state index contributed by atoms with van der Waals surface area (Å²) < 4.78 is 0. The van der Waals surface area contributed by atoms with E-state index in [-0.39, 0.29) is 6.61 Å². The molecule has 0 saturated carbocycles. The molecule has 0 amide bonds. The first kappa shape index (κ1) is 12.1. The molecule has 3 heterocycles. The summed E-state index contributed by atoms with van der Waals surface area (Å²) in [5.41, 5.74) is 3.14. The summed E-state index contributed by atoms with van der Waals surface area (Å²) in [6, 6.07) is 0. The van der Waals surface area contributed by atoms with E-state index in [1.807, 2.05) is 0 Å². The number of fused-ring (bicyclic) bond motifs is 1. The van der Waals surface area contributed by atoms with Crippen molar-refractivity contribution in [2.24, 2.45) is 11.8 Å². The first-order chi connectivity index (χ1) is 9.31. The maximum Gasteiger partial charge on any atom is 0.241 e. The van der Waals surface area contributed by atoms with Crippen molar-refractivity contribution >= 4 is 22.8 Å². The molecule has 5 N–H and O–H groups in total. The number of hydrazine groups is 1. The third kappa shape index (κ3) is 2.20. The zero-order valence-corrected chi connectivity index (χ0v) is 10.5. The monoisotopic (exact) mass is 263 g/mol. The van der Waals surface area contributed by atoms with Gasteiger partial charge in [0.1, 0.15) is 5.82 Å². The van der Waals surface area contributed by atoms with Crippen LogP contribution in [0.15, 0.2) is 6.20 Å². The van der Waals surface area contributed by atoms with E-state index < -0.39 is 0 Å². The average Bonchev–Trinajstić information content (AvgIpc) is 2.94. The second-order valence-electron chi connectivity index (χ2n) is 4.76. The fourth-order valence-electron chi connectivity index (χ4n) is 2.45. The quantitative estimate of drug-likeness (QED) is 0.449. The van der Waals surface area contributed by atoms with E-state index in [2.05, 4.69) is 30.5 Å². The zero-order chi connectivity index (χ0) is 13.2. The lowest BCUT2D eigenvalue weighted by Gasteiger charge is -2.32. The number of nitrogens with two attached hydrogens (primary N) is 1. The molecule has 0 aliphatic carbocycles. The Hall–Kier alpha value is -1.93. The van der Waals surface area contributed by atoms with Crippen LogP contribution >= 0.6 is 0 Å². The molecule has 102 valence electrons. The van der Waals surface area contributed by atoms with Gasteiger partial charge < -0.3 is 10.0 Å². The third-order valence-electron chi connectivity index (χ3n) is 3.59. The second-order valence-corrected chi connectivity index (χ2v) is 4.76. The van der Waals surface area contributed by atoms with Gasteiger partial charge in [-0.05, 0) is 18.8 Å². The number of aliphatic hydroxyl groups excluding tert-OH is 1. The number of nitrogens with one attached hydrogen (secondary N) is 2. The van der Waals surface area contributed by atoms with Gasteiger partial charge in [-0.15, -0.1) is 0 Å². The molecule has 19 heavy (non-hydrogen) atoms. The minimum atomic E-state index is 0.258. The highest BCUT2D eigenvalue weighted by Gasteiger charge is 2.22. The summed E-state index contributed by atoms with van der Waals surface area (Å²) in [4.78, 5) is 10.8. The number of nitrogen functional groups attached to an aromatic ring is 1. The van der Waals surface area contributed by atoms with Gasteiger partial charge in [0.05, 0.1) is 11.6 Å². The lowest BCUT2D eigenvalue weighted by Crippen LogP contribution is -2.35. The predicted octanol–water partition coefficient (Wildman–Crippen LogP) is -0.153. The number of hydrogen-bond donors (Lipinski definition) is 4. The summed E-state index contributed by atoms with van der Waals surface area (Å²) in [6.45, 7) is 1.99. The molecular formula is C11H17N7O. The van der Waals surface area contributed by atoms with Crippen molar-refractivity contribution in [3.63, 3.8) is 0 Å². The van der Waals surface area contributed by atoms with Crippen LogP contribution in [0.2, 0.25) is 0 Å². The highest BCUT2D eigenvalue weighted by atomic mass is 16.3. The Morgan fingerprint density at radius 1 is 1.42 bits per heavy atom. The average molecular weight is 263 g/mol. The van der Waals surface area contributed by atoms with Crippen LogP contribution in [0, 0.1) is 5.92 Å². The Kier molecular flexibility index (Phi) is 3.18. The molecule has 3 rings (SSSR count). The molecule has 0 bridgehead atoms. The van der Waals surface area contributed by atoms with Crippen molar-refractivity contribution in [2.75, 3.05) is 30.0 Å². The van der Waals surface area contributed by atoms with E-state index in [1.54, 1.807) is 6.20 Å². The Bertz CT molecular complexity index is 561. The molecule has 0 radical (unpaired) electrons. The van der Waals surface area contributed by atoms with Crippen LogP contribution < -0.4 is 16.2 Å². The third-order valence-corrected chi connectivity index (χ3v) is 3.59. The Labute approximate surface area is 110 Å².